The van der Waals surface area contributed by atoms with Crippen molar-refractivity contribution in [2.24, 2.45) is 4.99 Å². The minimum Gasteiger partial charge on any atom is -0.194 e. The van der Waals surface area contributed by atoms with Gasteiger partial charge in [-0.05, 0) is 35.8 Å². The van der Waals surface area contributed by atoms with E-state index in [0.29, 0.717) is 0 Å². The van der Waals surface area contributed by atoms with E-state index in [1.54, 1.807) is 23.1 Å². The summed E-state index contributed by atoms with van der Waals surface area (Å²) in [5.41, 5.74) is 0.880. The summed E-state index contributed by atoms with van der Waals surface area (Å²) in [7, 11) is 0. The molecule has 15 heavy (non-hydrogen) atoms. The van der Waals surface area contributed by atoms with Gasteiger partial charge >= 0.3 is 0 Å². The predicted molar refractivity (Wildman–Crippen MR) is 69.6 cm³/mol. The molecule has 0 N–H and O–H groups in total. The normalized spacial score (nSPS) is 9.60. The maximum absolute atomic E-state index is 4.62. The van der Waals surface area contributed by atoms with E-state index in [2.05, 4.69) is 33.8 Å². The highest BCUT2D eigenvalue weighted by Crippen LogP contribution is 2.36. The van der Waals surface area contributed by atoms with Gasteiger partial charge in [-0.15, -0.1) is 11.3 Å². The van der Waals surface area contributed by atoms with E-state index in [1.165, 1.54) is 4.21 Å². The molecule has 0 fully saturated rings. The number of hydrogen-bond acceptors (Lipinski definition) is 4. The lowest BCUT2D eigenvalue weighted by Crippen LogP contribution is -1.71. The third-order valence-electron chi connectivity index (χ3n) is 1.74. The Hall–Kier alpha value is -0.930. The largest absolute Gasteiger partial charge is 0.194 e. The summed E-state index contributed by atoms with van der Waals surface area (Å²) in [6, 6.07) is 12.1. The summed E-state index contributed by atoms with van der Waals surface area (Å²) < 4.78 is 1.25. The monoisotopic (exact) mass is 249 g/mol. The van der Waals surface area contributed by atoms with E-state index in [1.807, 2.05) is 30.3 Å². The second-order valence-corrected chi connectivity index (χ2v) is 5.18. The average molecular weight is 249 g/mol. The number of thiophene rings is 1. The summed E-state index contributed by atoms with van der Waals surface area (Å²) in [4.78, 5) is 5.14. The summed E-state index contributed by atoms with van der Waals surface area (Å²) >= 11 is 8.04. The maximum atomic E-state index is 4.62. The summed E-state index contributed by atoms with van der Waals surface area (Å²) in [6.45, 7) is 0. The number of rotatable bonds is 3. The minimum absolute atomic E-state index is 0.880. The highest BCUT2D eigenvalue weighted by atomic mass is 32.2. The first-order chi connectivity index (χ1) is 7.40. The van der Waals surface area contributed by atoms with Crippen molar-refractivity contribution in [3.05, 3.63) is 41.8 Å². The van der Waals surface area contributed by atoms with Gasteiger partial charge in [0.25, 0.3) is 0 Å². The van der Waals surface area contributed by atoms with Crippen LogP contribution in [0.2, 0.25) is 0 Å². The van der Waals surface area contributed by atoms with Crippen LogP contribution in [0.25, 0.3) is 0 Å². The molecule has 2 rings (SSSR count). The van der Waals surface area contributed by atoms with Crippen LogP contribution in [0.3, 0.4) is 0 Å². The topological polar surface area (TPSA) is 12.4 Å². The zero-order chi connectivity index (χ0) is 10.5. The third-order valence-corrected chi connectivity index (χ3v) is 3.93. The molecule has 1 aromatic heterocycles. The van der Waals surface area contributed by atoms with E-state index in [-0.39, 0.29) is 0 Å². The fourth-order valence-electron chi connectivity index (χ4n) is 1.11. The molecule has 2 aromatic rings. The van der Waals surface area contributed by atoms with Gasteiger partial charge < -0.3 is 0 Å². The number of nitrogens with zero attached hydrogens (tertiary/aromatic N) is 1. The van der Waals surface area contributed by atoms with Crippen LogP contribution >= 0.6 is 35.3 Å². The minimum atomic E-state index is 0.880. The second kappa shape index (κ2) is 5.24. The van der Waals surface area contributed by atoms with Crippen LogP contribution in [0.5, 0.6) is 0 Å². The van der Waals surface area contributed by atoms with Gasteiger partial charge in [-0.3, -0.25) is 0 Å². The van der Waals surface area contributed by atoms with Crippen LogP contribution in [0, 0.1) is 0 Å². The highest BCUT2D eigenvalue weighted by molar-refractivity contribution is 8.01. The van der Waals surface area contributed by atoms with E-state index in [0.717, 1.165) is 10.6 Å². The van der Waals surface area contributed by atoms with Crippen LogP contribution in [0.15, 0.2) is 55.9 Å². The Kier molecular flexibility index (Phi) is 3.69. The van der Waals surface area contributed by atoms with Crippen molar-refractivity contribution in [1.82, 2.24) is 0 Å². The van der Waals surface area contributed by atoms with E-state index in [9.17, 15) is 0 Å². The van der Waals surface area contributed by atoms with Gasteiger partial charge in [0, 0.05) is 4.90 Å². The van der Waals surface area contributed by atoms with Gasteiger partial charge in [0.1, 0.15) is 0 Å². The lowest BCUT2D eigenvalue weighted by molar-refractivity contribution is 1.38. The standard InChI is InChI=1S/C11H7NS3/c13-8-12-9-4-1-2-5-10(9)15-11-6-3-7-14-11/h1-7H. The van der Waals surface area contributed by atoms with Gasteiger partial charge in [-0.2, -0.15) is 4.99 Å². The van der Waals surface area contributed by atoms with E-state index in [4.69, 9.17) is 0 Å². The lowest BCUT2D eigenvalue weighted by atomic mass is 10.3. The Morgan fingerprint density at radius 2 is 2.07 bits per heavy atom. The van der Waals surface area contributed by atoms with Crippen molar-refractivity contribution < 1.29 is 0 Å². The molecule has 4 heteroatoms. The van der Waals surface area contributed by atoms with Crippen molar-refractivity contribution in [2.75, 3.05) is 0 Å². The number of hydrogen-bond donors (Lipinski definition) is 0. The van der Waals surface area contributed by atoms with Crippen LogP contribution < -0.4 is 0 Å². The molecule has 0 aliphatic carbocycles. The number of benzene rings is 1. The molecule has 1 heterocycles. The number of thiocarbonyl (C=S) groups is 1. The summed E-state index contributed by atoms with van der Waals surface area (Å²) in [6.07, 6.45) is 0. The first kappa shape index (κ1) is 10.6. The van der Waals surface area contributed by atoms with Crippen molar-refractivity contribution in [1.29, 1.82) is 0 Å². The Morgan fingerprint density at radius 1 is 1.20 bits per heavy atom. The quantitative estimate of drug-likeness (QED) is 0.580. The zero-order valence-corrected chi connectivity index (χ0v) is 10.2. The molecule has 1 aromatic carbocycles. The first-order valence-corrected chi connectivity index (χ1v) is 6.39. The fourth-order valence-corrected chi connectivity index (χ4v) is 3.02. The predicted octanol–water partition coefficient (Wildman–Crippen LogP) is 4.63. The molecular weight excluding hydrogens is 242 g/mol. The van der Waals surface area contributed by atoms with Gasteiger partial charge in [-0.25, -0.2) is 0 Å². The molecule has 0 aliphatic heterocycles. The van der Waals surface area contributed by atoms with Crippen LogP contribution in [-0.2, 0) is 0 Å². The molecule has 0 amide bonds. The molecular formula is C11H7NS3. The lowest BCUT2D eigenvalue weighted by Gasteiger charge is -2.01. The second-order valence-electron chi connectivity index (χ2n) is 2.70. The van der Waals surface area contributed by atoms with Crippen molar-refractivity contribution in [3.8, 4) is 0 Å². The molecule has 0 unspecified atom stereocenters. The molecule has 0 radical (unpaired) electrons. The van der Waals surface area contributed by atoms with Crippen LogP contribution in [0.4, 0.5) is 5.69 Å². The summed E-state index contributed by atoms with van der Waals surface area (Å²) in [5.74, 6) is 0. The molecule has 0 spiro atoms. The van der Waals surface area contributed by atoms with Crippen LogP contribution in [0.1, 0.15) is 0 Å². The first-order valence-electron chi connectivity index (χ1n) is 4.28. The van der Waals surface area contributed by atoms with E-state index >= 15 is 0 Å². The molecule has 74 valence electrons. The van der Waals surface area contributed by atoms with Gasteiger partial charge in [0.15, 0.2) is 0 Å². The molecule has 0 saturated heterocycles. The highest BCUT2D eigenvalue weighted by Gasteiger charge is 2.02. The SMILES string of the molecule is S=C=Nc1ccccc1Sc1cccs1. The average Bonchev–Trinajstić information content (AvgIpc) is 2.74. The number of isothiocyanates is 1. The Balaban J connectivity index is 2.31. The van der Waals surface area contributed by atoms with Crippen molar-refractivity contribution in [2.45, 2.75) is 9.10 Å². The van der Waals surface area contributed by atoms with Gasteiger partial charge in [0.05, 0.1) is 15.1 Å². The van der Waals surface area contributed by atoms with Crippen molar-refractivity contribution >= 4 is 46.2 Å². The molecule has 0 atom stereocenters. The zero-order valence-electron chi connectivity index (χ0n) is 7.71. The van der Waals surface area contributed by atoms with Crippen LogP contribution in [-0.4, -0.2) is 5.16 Å². The van der Waals surface area contributed by atoms with E-state index < -0.39 is 0 Å². The fraction of sp³-hybridized carbons (Fsp3) is 0. The van der Waals surface area contributed by atoms with Crippen molar-refractivity contribution in [3.63, 3.8) is 0 Å². The van der Waals surface area contributed by atoms with Gasteiger partial charge in [-0.1, -0.05) is 30.0 Å². The maximum Gasteiger partial charge on any atom is 0.0879 e. The van der Waals surface area contributed by atoms with Gasteiger partial charge in [0.2, 0.25) is 0 Å². The number of aliphatic imine (C=N–C) groups is 1. The molecule has 0 aliphatic rings. The third kappa shape index (κ3) is 2.76. The molecule has 0 saturated carbocycles. The smallest absolute Gasteiger partial charge is 0.0879 e. The Morgan fingerprint density at radius 3 is 2.80 bits per heavy atom. The molecule has 0 bridgehead atoms. The number of para-hydroxylation sites is 1. The molecule has 1 nitrogen and oxygen atoms in total. The Labute approximate surface area is 102 Å². The summed E-state index contributed by atoms with van der Waals surface area (Å²) in [5, 5.41) is 4.47. The Bertz CT molecular complexity index is 484.